The van der Waals surface area contributed by atoms with E-state index < -0.39 is 27.3 Å². The number of sulfonamides is 1. The molecule has 8 nitrogen and oxygen atoms in total. The summed E-state index contributed by atoms with van der Waals surface area (Å²) < 4.78 is 55.9. The molecule has 0 aliphatic carbocycles. The van der Waals surface area contributed by atoms with Crippen molar-refractivity contribution in [3.63, 3.8) is 0 Å². The van der Waals surface area contributed by atoms with Gasteiger partial charge in [-0.2, -0.15) is 0 Å². The molecule has 2 heterocycles. The van der Waals surface area contributed by atoms with E-state index in [1.807, 2.05) is 0 Å². The van der Waals surface area contributed by atoms with Crippen LogP contribution in [0.2, 0.25) is 0 Å². The molecule has 0 saturated heterocycles. The van der Waals surface area contributed by atoms with E-state index in [1.165, 1.54) is 6.33 Å². The first-order chi connectivity index (χ1) is 15.8. The molecular weight excluding hydrogens is 450 g/mol. The van der Waals surface area contributed by atoms with Gasteiger partial charge < -0.3 is 11.1 Å². The summed E-state index contributed by atoms with van der Waals surface area (Å²) in [5.74, 6) is -1.73. The molecule has 0 bridgehead atoms. The Bertz CT molecular complexity index is 1450. The second-order valence-electron chi connectivity index (χ2n) is 7.22. The minimum atomic E-state index is -3.77. The predicted molar refractivity (Wildman–Crippen MR) is 125 cm³/mol. The van der Waals surface area contributed by atoms with Crippen molar-refractivity contribution in [1.82, 2.24) is 15.0 Å². The van der Waals surface area contributed by atoms with Gasteiger partial charge in [0.25, 0.3) is 0 Å². The topological polar surface area (TPSA) is 123 Å². The van der Waals surface area contributed by atoms with Gasteiger partial charge in [0.05, 0.1) is 17.0 Å². The Hall–Kier alpha value is -3.86. The smallest absolute Gasteiger partial charge is 0.232 e. The van der Waals surface area contributed by atoms with Crippen molar-refractivity contribution < 1.29 is 17.2 Å². The number of hydrogen-bond acceptors (Lipinski definition) is 7. The minimum Gasteiger partial charge on any atom is -0.383 e. The van der Waals surface area contributed by atoms with Crippen LogP contribution in [-0.2, 0) is 10.0 Å². The molecule has 2 aromatic heterocycles. The third kappa shape index (κ3) is 4.67. The zero-order valence-electron chi connectivity index (χ0n) is 17.5. The van der Waals surface area contributed by atoms with E-state index in [-0.39, 0.29) is 17.3 Å². The van der Waals surface area contributed by atoms with Gasteiger partial charge in [0, 0.05) is 17.1 Å². The lowest BCUT2D eigenvalue weighted by Gasteiger charge is -2.14. The van der Waals surface area contributed by atoms with Gasteiger partial charge >= 0.3 is 0 Å². The van der Waals surface area contributed by atoms with E-state index in [4.69, 9.17) is 5.73 Å². The number of rotatable bonds is 7. The first-order valence-electron chi connectivity index (χ1n) is 10.00. The third-order valence-electron chi connectivity index (χ3n) is 4.86. The number of pyridine rings is 1. The summed E-state index contributed by atoms with van der Waals surface area (Å²) in [6.07, 6.45) is 3.18. The lowest BCUT2D eigenvalue weighted by Crippen LogP contribution is -2.17. The van der Waals surface area contributed by atoms with Crippen LogP contribution in [0, 0.1) is 11.6 Å². The van der Waals surface area contributed by atoms with Crippen molar-refractivity contribution in [2.75, 3.05) is 21.5 Å². The minimum absolute atomic E-state index is 0.135. The van der Waals surface area contributed by atoms with Gasteiger partial charge in [-0.05, 0) is 48.4 Å². The van der Waals surface area contributed by atoms with E-state index >= 15 is 4.39 Å². The molecule has 0 fully saturated rings. The molecule has 0 amide bonds. The summed E-state index contributed by atoms with van der Waals surface area (Å²) in [6, 6.07) is 10.8. The number of hydrogen-bond donors (Lipinski definition) is 3. The van der Waals surface area contributed by atoms with E-state index in [9.17, 15) is 12.8 Å². The molecule has 0 unspecified atom stereocenters. The van der Waals surface area contributed by atoms with Crippen molar-refractivity contribution in [2.45, 2.75) is 13.3 Å². The largest absolute Gasteiger partial charge is 0.383 e. The highest BCUT2D eigenvalue weighted by Gasteiger charge is 2.19. The van der Waals surface area contributed by atoms with E-state index in [0.717, 1.165) is 12.1 Å². The average Bonchev–Trinajstić information content (AvgIpc) is 2.78. The number of benzene rings is 2. The molecule has 0 spiro atoms. The number of nitrogens with two attached hydrogens (primary N) is 1. The SMILES string of the molecule is CCCS(=O)(=O)Nc1ccc(F)c(Nc2ncnc3ccc(-c4cccnc4N)cc23)c1F. The van der Waals surface area contributed by atoms with Gasteiger partial charge in [0.2, 0.25) is 10.0 Å². The number of nitrogen functional groups attached to an aromatic ring is 1. The van der Waals surface area contributed by atoms with E-state index in [2.05, 4.69) is 25.0 Å². The maximum atomic E-state index is 15.1. The van der Waals surface area contributed by atoms with Gasteiger partial charge in [-0.3, -0.25) is 4.72 Å². The van der Waals surface area contributed by atoms with E-state index in [0.29, 0.717) is 34.3 Å². The van der Waals surface area contributed by atoms with Crippen LogP contribution >= 0.6 is 0 Å². The van der Waals surface area contributed by atoms with Crippen LogP contribution in [0.15, 0.2) is 55.0 Å². The summed E-state index contributed by atoms with van der Waals surface area (Å²) in [5.41, 5.74) is 6.99. The zero-order valence-corrected chi connectivity index (χ0v) is 18.3. The zero-order chi connectivity index (χ0) is 23.6. The van der Waals surface area contributed by atoms with Crippen molar-refractivity contribution in [2.24, 2.45) is 0 Å². The Morgan fingerprint density at radius 3 is 2.64 bits per heavy atom. The fourth-order valence-corrected chi connectivity index (χ4v) is 4.47. The molecular formula is C22H20F2N6O2S. The van der Waals surface area contributed by atoms with Crippen LogP contribution in [-0.4, -0.2) is 29.1 Å². The van der Waals surface area contributed by atoms with Crippen molar-refractivity contribution in [3.05, 3.63) is 66.6 Å². The van der Waals surface area contributed by atoms with Crippen molar-refractivity contribution in [3.8, 4) is 11.1 Å². The molecule has 0 aliphatic heterocycles. The van der Waals surface area contributed by atoms with Gasteiger partial charge in [0.15, 0.2) is 5.82 Å². The summed E-state index contributed by atoms with van der Waals surface area (Å²) in [6.45, 7) is 1.68. The fourth-order valence-electron chi connectivity index (χ4n) is 3.34. The summed E-state index contributed by atoms with van der Waals surface area (Å²) in [5, 5.41) is 3.13. The van der Waals surface area contributed by atoms with Crippen LogP contribution in [0.25, 0.3) is 22.0 Å². The first kappa shape index (κ1) is 22.3. The second kappa shape index (κ2) is 8.94. The molecule has 0 aliphatic rings. The number of halogens is 2. The molecule has 4 rings (SSSR count). The summed E-state index contributed by atoms with van der Waals surface area (Å²) in [7, 11) is -3.77. The quantitative estimate of drug-likeness (QED) is 0.365. The van der Waals surface area contributed by atoms with Gasteiger partial charge in [-0.25, -0.2) is 32.2 Å². The number of nitrogens with one attached hydrogen (secondary N) is 2. The molecule has 4 N–H and O–H groups in total. The normalized spacial score (nSPS) is 11.5. The Kier molecular flexibility index (Phi) is 6.05. The lowest BCUT2D eigenvalue weighted by atomic mass is 10.0. The van der Waals surface area contributed by atoms with Crippen LogP contribution in [0.3, 0.4) is 0 Å². The highest BCUT2D eigenvalue weighted by molar-refractivity contribution is 7.92. The molecule has 11 heteroatoms. The van der Waals surface area contributed by atoms with Gasteiger partial charge in [-0.1, -0.05) is 13.0 Å². The standard InChI is InChI=1S/C22H20F2N6O2S/c1-2-10-33(31,32)30-18-8-6-16(23)20(19(18)24)29-22-15-11-13(5-7-17(15)27-12-28-22)14-4-3-9-26-21(14)25/h3-9,11-12,30H,2,10H2,1H3,(H2,25,26)(H,27,28,29). The fraction of sp³-hybridized carbons (Fsp3) is 0.136. The molecule has 0 atom stereocenters. The highest BCUT2D eigenvalue weighted by Crippen LogP contribution is 2.33. The molecule has 33 heavy (non-hydrogen) atoms. The molecule has 2 aromatic carbocycles. The third-order valence-corrected chi connectivity index (χ3v) is 6.33. The Morgan fingerprint density at radius 1 is 1.06 bits per heavy atom. The first-order valence-corrected chi connectivity index (χ1v) is 11.7. The lowest BCUT2D eigenvalue weighted by molar-refractivity contribution is 0.588. The number of fused-ring (bicyclic) bond motifs is 1. The highest BCUT2D eigenvalue weighted by atomic mass is 32.2. The maximum absolute atomic E-state index is 15.1. The summed E-state index contributed by atoms with van der Waals surface area (Å²) >= 11 is 0. The van der Waals surface area contributed by atoms with Crippen LogP contribution < -0.4 is 15.8 Å². The van der Waals surface area contributed by atoms with Crippen molar-refractivity contribution in [1.29, 1.82) is 0 Å². The van der Waals surface area contributed by atoms with Crippen LogP contribution in [0.5, 0.6) is 0 Å². The molecule has 170 valence electrons. The number of nitrogens with zero attached hydrogens (tertiary/aromatic N) is 3. The monoisotopic (exact) mass is 470 g/mol. The Labute approximate surface area is 189 Å². The van der Waals surface area contributed by atoms with Gasteiger partial charge in [0.1, 0.15) is 29.5 Å². The predicted octanol–water partition coefficient (Wildman–Crippen LogP) is 4.45. The second-order valence-corrected chi connectivity index (χ2v) is 9.06. The molecule has 0 radical (unpaired) electrons. The van der Waals surface area contributed by atoms with Gasteiger partial charge in [-0.15, -0.1) is 0 Å². The van der Waals surface area contributed by atoms with E-state index in [1.54, 1.807) is 43.5 Å². The summed E-state index contributed by atoms with van der Waals surface area (Å²) in [4.78, 5) is 12.4. The number of aromatic nitrogens is 3. The molecule has 0 saturated carbocycles. The Balaban J connectivity index is 1.77. The van der Waals surface area contributed by atoms with Crippen LogP contribution in [0.4, 0.5) is 31.8 Å². The van der Waals surface area contributed by atoms with Crippen LogP contribution in [0.1, 0.15) is 13.3 Å². The maximum Gasteiger partial charge on any atom is 0.232 e. The molecule has 4 aromatic rings. The Morgan fingerprint density at radius 2 is 1.88 bits per heavy atom. The van der Waals surface area contributed by atoms with Crippen molar-refractivity contribution >= 4 is 43.9 Å². The number of anilines is 4. The average molecular weight is 471 g/mol.